The van der Waals surface area contributed by atoms with Gasteiger partial charge in [-0.2, -0.15) is 0 Å². The number of carbonyl (C=O) groups excluding carboxylic acids is 2. The number of piperazine rings is 1. The molecule has 0 aromatic heterocycles. The highest BCUT2D eigenvalue weighted by Crippen LogP contribution is 2.42. The highest BCUT2D eigenvalue weighted by atomic mass is 16.7. The highest BCUT2D eigenvalue weighted by Gasteiger charge is 2.43. The number of fused-ring (bicyclic) bond motifs is 1. The van der Waals surface area contributed by atoms with E-state index in [1.165, 1.54) is 21.3 Å². The molecule has 2 aromatic rings. The number of nitrogens with one attached hydrogen (secondary N) is 1. The predicted molar refractivity (Wildman–Crippen MR) is 144 cm³/mol. The van der Waals surface area contributed by atoms with E-state index in [9.17, 15) is 9.59 Å². The summed E-state index contributed by atoms with van der Waals surface area (Å²) in [5, 5.41) is 2.85. The summed E-state index contributed by atoms with van der Waals surface area (Å²) >= 11 is 0. The Morgan fingerprint density at radius 2 is 1.70 bits per heavy atom. The third-order valence-corrected chi connectivity index (χ3v) is 7.18. The minimum Gasteiger partial charge on any atom is -0.493 e. The van der Waals surface area contributed by atoms with Gasteiger partial charge in [-0.05, 0) is 42.3 Å². The number of nitrogens with zero attached hydrogens (tertiary/aromatic N) is 3. The molecule has 214 valence electrons. The van der Waals surface area contributed by atoms with E-state index in [1.807, 2.05) is 23.1 Å². The molecule has 12 heteroatoms. The van der Waals surface area contributed by atoms with Crippen molar-refractivity contribution in [3.63, 3.8) is 0 Å². The van der Waals surface area contributed by atoms with Crippen molar-refractivity contribution in [3.8, 4) is 28.7 Å². The van der Waals surface area contributed by atoms with Crippen LogP contribution in [-0.4, -0.2) is 88.5 Å². The van der Waals surface area contributed by atoms with Gasteiger partial charge < -0.3 is 33.3 Å². The molecule has 3 aliphatic heterocycles. The second-order valence-corrected chi connectivity index (χ2v) is 9.53. The molecule has 3 aliphatic rings. The van der Waals surface area contributed by atoms with E-state index in [1.54, 1.807) is 19.1 Å². The normalized spacial score (nSPS) is 20.4. The number of hydrogen-bond donors (Lipinski definition) is 1. The number of amides is 1. The van der Waals surface area contributed by atoms with Gasteiger partial charge >= 0.3 is 5.97 Å². The van der Waals surface area contributed by atoms with E-state index in [-0.39, 0.29) is 13.4 Å². The molecule has 0 spiro atoms. The van der Waals surface area contributed by atoms with Crippen LogP contribution >= 0.6 is 0 Å². The lowest BCUT2D eigenvalue weighted by Crippen LogP contribution is -2.57. The molecule has 3 heterocycles. The first-order valence-corrected chi connectivity index (χ1v) is 13.2. The van der Waals surface area contributed by atoms with E-state index < -0.39 is 23.8 Å². The van der Waals surface area contributed by atoms with Gasteiger partial charge in [0.15, 0.2) is 28.9 Å². The quantitative estimate of drug-likeness (QED) is 0.383. The Morgan fingerprint density at radius 3 is 2.35 bits per heavy atom. The maximum Gasteiger partial charge on any atom is 0.321 e. The zero-order chi connectivity index (χ0) is 28.2. The number of benzene rings is 2. The summed E-state index contributed by atoms with van der Waals surface area (Å²) in [6.07, 6.45) is 0. The molecule has 1 fully saturated rings. The highest BCUT2D eigenvalue weighted by molar-refractivity contribution is 6.08. The summed E-state index contributed by atoms with van der Waals surface area (Å²) in [4.78, 5) is 35.5. The van der Waals surface area contributed by atoms with Gasteiger partial charge in [-0.3, -0.25) is 19.8 Å². The Labute approximate surface area is 232 Å². The van der Waals surface area contributed by atoms with Crippen molar-refractivity contribution >= 4 is 17.8 Å². The average molecular weight is 555 g/mol. The van der Waals surface area contributed by atoms with Crippen molar-refractivity contribution in [2.45, 2.75) is 19.5 Å². The van der Waals surface area contributed by atoms with Crippen molar-refractivity contribution < 1.29 is 38.0 Å². The van der Waals surface area contributed by atoms with Crippen LogP contribution in [0.4, 0.5) is 0 Å². The van der Waals surface area contributed by atoms with Gasteiger partial charge in [0.2, 0.25) is 24.4 Å². The van der Waals surface area contributed by atoms with E-state index in [4.69, 9.17) is 33.4 Å². The molecule has 1 saturated heterocycles. The lowest BCUT2D eigenvalue weighted by molar-refractivity contribution is -0.153. The molecular formula is C28H34N4O8. The number of hydrogen-bond acceptors (Lipinski definition) is 11. The van der Waals surface area contributed by atoms with Crippen molar-refractivity contribution in [2.75, 3.05) is 60.9 Å². The van der Waals surface area contributed by atoms with Crippen LogP contribution in [0.1, 0.15) is 24.1 Å². The Bertz CT molecular complexity index is 1270. The topological polar surface area (TPSA) is 120 Å². The van der Waals surface area contributed by atoms with Gasteiger partial charge in [0.1, 0.15) is 6.04 Å². The number of carbonyl (C=O) groups is 2. The van der Waals surface area contributed by atoms with Gasteiger partial charge in [-0.15, -0.1) is 0 Å². The van der Waals surface area contributed by atoms with Crippen LogP contribution in [0, 0.1) is 5.92 Å². The maximum absolute atomic E-state index is 13.3. The molecule has 0 unspecified atom stereocenters. The van der Waals surface area contributed by atoms with Crippen molar-refractivity contribution in [3.05, 3.63) is 41.5 Å². The Kier molecular flexibility index (Phi) is 8.15. The SMILES string of the molecule is CCOC(=O)[C@H]1C(=O)NC(N2CCN(Cc3ccc4c(c3)OCO4)CC2)=N[C@H]1c1cc(OC)c(OC)c(OC)c1. The fourth-order valence-corrected chi connectivity index (χ4v) is 5.15. The van der Waals surface area contributed by atoms with Crippen LogP contribution in [0.5, 0.6) is 28.7 Å². The molecule has 2 aromatic carbocycles. The first kappa shape index (κ1) is 27.4. The predicted octanol–water partition coefficient (Wildman–Crippen LogP) is 1.97. The molecule has 12 nitrogen and oxygen atoms in total. The standard InChI is InChI=1S/C28H34N4O8/c1-5-38-27(34)23-24(18-13-21(35-2)25(37-4)22(14-18)36-3)29-28(30-26(23)33)32-10-8-31(9-11-32)15-17-6-7-19-20(12-17)40-16-39-19/h6-7,12-14,23-24H,5,8-11,15-16H2,1-4H3,(H,29,30,33)/t23-,24+/m1/s1. The van der Waals surface area contributed by atoms with E-state index in [0.29, 0.717) is 41.9 Å². The van der Waals surface area contributed by atoms with Crippen LogP contribution in [0.25, 0.3) is 0 Å². The zero-order valence-electron chi connectivity index (χ0n) is 23.1. The molecule has 1 amide bonds. The molecule has 0 radical (unpaired) electrons. The Morgan fingerprint density at radius 1 is 1.00 bits per heavy atom. The summed E-state index contributed by atoms with van der Waals surface area (Å²) in [5.74, 6) is 0.890. The molecule has 5 rings (SSSR count). The molecule has 0 aliphatic carbocycles. The van der Waals surface area contributed by atoms with Crippen LogP contribution in [0.3, 0.4) is 0 Å². The van der Waals surface area contributed by atoms with E-state index >= 15 is 0 Å². The second kappa shape index (κ2) is 11.9. The van der Waals surface area contributed by atoms with Gasteiger partial charge in [0.05, 0.1) is 27.9 Å². The Balaban J connectivity index is 1.37. The number of rotatable bonds is 8. The molecule has 1 N–H and O–H groups in total. The molecule has 2 atom stereocenters. The second-order valence-electron chi connectivity index (χ2n) is 9.53. The van der Waals surface area contributed by atoms with E-state index in [2.05, 4.69) is 10.2 Å². The fourth-order valence-electron chi connectivity index (χ4n) is 5.15. The lowest BCUT2D eigenvalue weighted by Gasteiger charge is -2.39. The first-order chi connectivity index (χ1) is 19.4. The lowest BCUT2D eigenvalue weighted by atomic mass is 9.90. The number of methoxy groups -OCH3 is 3. The van der Waals surface area contributed by atoms with E-state index in [0.717, 1.165) is 36.7 Å². The minimum absolute atomic E-state index is 0.145. The third-order valence-electron chi connectivity index (χ3n) is 7.18. The van der Waals surface area contributed by atoms with Crippen molar-refractivity contribution in [1.82, 2.24) is 15.1 Å². The summed E-state index contributed by atoms with van der Waals surface area (Å²) < 4.78 is 32.6. The van der Waals surface area contributed by atoms with Crippen LogP contribution in [0.2, 0.25) is 0 Å². The summed E-state index contributed by atoms with van der Waals surface area (Å²) in [7, 11) is 4.53. The van der Waals surface area contributed by atoms with Gasteiger partial charge in [0.25, 0.3) is 0 Å². The van der Waals surface area contributed by atoms with Crippen LogP contribution in [0.15, 0.2) is 35.3 Å². The number of ether oxygens (including phenoxy) is 6. The van der Waals surface area contributed by atoms with Crippen LogP contribution < -0.4 is 29.0 Å². The molecule has 0 saturated carbocycles. The average Bonchev–Trinajstić information content (AvgIpc) is 3.44. The van der Waals surface area contributed by atoms with Gasteiger partial charge in [-0.1, -0.05) is 6.07 Å². The fraction of sp³-hybridized carbons (Fsp3) is 0.464. The van der Waals surface area contributed by atoms with Gasteiger partial charge in [-0.25, -0.2) is 4.99 Å². The van der Waals surface area contributed by atoms with Gasteiger partial charge in [0, 0.05) is 32.7 Å². The number of aliphatic imine (C=N–C) groups is 1. The smallest absolute Gasteiger partial charge is 0.321 e. The largest absolute Gasteiger partial charge is 0.493 e. The van der Waals surface area contributed by atoms with Crippen molar-refractivity contribution in [2.24, 2.45) is 10.9 Å². The summed E-state index contributed by atoms with van der Waals surface area (Å²) in [6, 6.07) is 8.56. The summed E-state index contributed by atoms with van der Waals surface area (Å²) in [5.41, 5.74) is 1.71. The van der Waals surface area contributed by atoms with Crippen LogP contribution in [-0.2, 0) is 20.9 Å². The van der Waals surface area contributed by atoms with Crippen molar-refractivity contribution in [1.29, 1.82) is 0 Å². The first-order valence-electron chi connectivity index (χ1n) is 13.2. The number of esters is 1. The molecule has 40 heavy (non-hydrogen) atoms. The zero-order valence-corrected chi connectivity index (χ0v) is 23.1. The minimum atomic E-state index is -1.17. The maximum atomic E-state index is 13.3. The molecular weight excluding hydrogens is 520 g/mol. The Hall–Kier alpha value is -4.19. The number of guanidine groups is 1. The monoisotopic (exact) mass is 554 g/mol. The molecule has 0 bridgehead atoms. The third kappa shape index (κ3) is 5.44. The summed E-state index contributed by atoms with van der Waals surface area (Å²) in [6.45, 7) is 5.68.